The van der Waals surface area contributed by atoms with Gasteiger partial charge in [-0.2, -0.15) is 0 Å². The van der Waals surface area contributed by atoms with Crippen LogP contribution in [0, 0.1) is 10.8 Å². The maximum atomic E-state index is 13.2. The molecule has 4 amide bonds. The zero-order chi connectivity index (χ0) is 31.5. The number of hydrogen-bond acceptors (Lipinski definition) is 6. The van der Waals surface area contributed by atoms with Gasteiger partial charge in [0.05, 0.1) is 11.1 Å². The Morgan fingerprint density at radius 1 is 0.844 bits per heavy atom. The Morgan fingerprint density at radius 2 is 1.56 bits per heavy atom. The molecule has 3 fully saturated rings. The summed E-state index contributed by atoms with van der Waals surface area (Å²) in [4.78, 5) is 56.3. The zero-order valence-electron chi connectivity index (χ0n) is 26.2. The maximum Gasteiger partial charge on any atom is 0.262 e. The van der Waals surface area contributed by atoms with Gasteiger partial charge in [0.25, 0.3) is 11.8 Å². The lowest BCUT2D eigenvalue weighted by atomic mass is 9.71. The largest absolute Gasteiger partial charge is 0.299 e. The molecule has 1 unspecified atom stereocenters. The first-order chi connectivity index (χ1) is 21.5. The Hall–Kier alpha value is -3.33. The molecule has 9 heteroatoms. The average Bonchev–Trinajstić information content (AvgIpc) is 3.23. The van der Waals surface area contributed by atoms with Crippen molar-refractivity contribution in [1.82, 2.24) is 20.0 Å². The molecule has 5 aliphatic rings. The van der Waals surface area contributed by atoms with Gasteiger partial charge >= 0.3 is 0 Å². The normalized spacial score (nSPS) is 25.0. The molecule has 0 saturated carbocycles. The van der Waals surface area contributed by atoms with Gasteiger partial charge in [-0.3, -0.25) is 39.2 Å². The number of hydrogen-bond donors (Lipinski definition) is 1. The van der Waals surface area contributed by atoms with Gasteiger partial charge in [-0.1, -0.05) is 49.2 Å². The SMILES string of the molecule is CC1(C)CCC(CN2CCC3(CC2)CN(Cc2ccc4c(c2)C(=O)N(C2CCC(=O)NC2=O)C4=O)C3)=C(c2ccc(Cl)cc2)C1. The molecule has 0 radical (unpaired) electrons. The number of nitrogens with one attached hydrogen (secondary N) is 1. The van der Waals surface area contributed by atoms with Crippen LogP contribution >= 0.6 is 11.6 Å². The van der Waals surface area contributed by atoms with E-state index >= 15 is 0 Å². The third kappa shape index (κ3) is 5.88. The summed E-state index contributed by atoms with van der Waals surface area (Å²) < 4.78 is 0. The lowest BCUT2D eigenvalue weighted by Gasteiger charge is -2.54. The average molecular weight is 629 g/mol. The maximum absolute atomic E-state index is 13.2. The molecule has 1 N–H and O–H groups in total. The fourth-order valence-corrected chi connectivity index (χ4v) is 8.25. The van der Waals surface area contributed by atoms with Crippen LogP contribution in [0.2, 0.25) is 5.02 Å². The highest BCUT2D eigenvalue weighted by Gasteiger charge is 2.46. The van der Waals surface area contributed by atoms with Crippen molar-refractivity contribution in [1.29, 1.82) is 0 Å². The van der Waals surface area contributed by atoms with E-state index in [9.17, 15) is 19.2 Å². The Labute approximate surface area is 269 Å². The minimum absolute atomic E-state index is 0.115. The molecule has 2 aromatic carbocycles. The van der Waals surface area contributed by atoms with Crippen molar-refractivity contribution in [2.75, 3.05) is 32.7 Å². The van der Waals surface area contributed by atoms with Gasteiger partial charge in [-0.25, -0.2) is 0 Å². The zero-order valence-corrected chi connectivity index (χ0v) is 26.9. The van der Waals surface area contributed by atoms with Crippen molar-refractivity contribution >= 4 is 40.8 Å². The van der Waals surface area contributed by atoms with Gasteiger partial charge in [0.1, 0.15) is 6.04 Å². The highest BCUT2D eigenvalue weighted by molar-refractivity contribution is 6.30. The van der Waals surface area contributed by atoms with Gasteiger partial charge in [-0.15, -0.1) is 0 Å². The summed E-state index contributed by atoms with van der Waals surface area (Å²) in [5.41, 5.74) is 6.75. The summed E-state index contributed by atoms with van der Waals surface area (Å²) >= 11 is 6.20. The molecule has 1 spiro atoms. The number of piperidine rings is 2. The lowest BCUT2D eigenvalue weighted by Crippen LogP contribution is -2.59. The number of benzene rings is 2. The second kappa shape index (κ2) is 11.5. The predicted octanol–water partition coefficient (Wildman–Crippen LogP) is 5.30. The standard InChI is InChI=1S/C36H41ClN4O4/c1-35(2)12-11-25(29(18-35)24-4-6-26(37)7-5-24)20-39-15-13-36(14-16-39)21-40(22-36)19-23-3-8-27-28(17-23)34(45)41(33(27)44)30-9-10-31(42)38-32(30)43/h3-8,17,30H,9-16,18-22H2,1-2H3,(H,38,42,43). The van der Waals surface area contributed by atoms with Crippen LogP contribution in [0.25, 0.3) is 5.57 Å². The number of likely N-dealkylation sites (tertiary alicyclic amines) is 2. The molecule has 7 rings (SSSR count). The van der Waals surface area contributed by atoms with Gasteiger partial charge in [0.15, 0.2) is 0 Å². The van der Waals surface area contributed by atoms with E-state index in [0.717, 1.165) is 67.6 Å². The Morgan fingerprint density at radius 3 is 2.27 bits per heavy atom. The summed E-state index contributed by atoms with van der Waals surface area (Å²) in [6.07, 6.45) is 6.14. The Bertz CT molecular complexity index is 1600. The minimum Gasteiger partial charge on any atom is -0.299 e. The third-order valence-electron chi connectivity index (χ3n) is 10.7. The summed E-state index contributed by atoms with van der Waals surface area (Å²) in [7, 11) is 0. The molecular weight excluding hydrogens is 588 g/mol. The number of imide groups is 2. The van der Waals surface area contributed by atoms with Gasteiger partial charge in [0.2, 0.25) is 11.8 Å². The minimum atomic E-state index is -0.940. The van der Waals surface area contributed by atoms with Crippen LogP contribution in [0.4, 0.5) is 0 Å². The summed E-state index contributed by atoms with van der Waals surface area (Å²) in [5.74, 6) is -1.87. The van der Waals surface area contributed by atoms with E-state index in [0.29, 0.717) is 22.0 Å². The topological polar surface area (TPSA) is 90.0 Å². The van der Waals surface area contributed by atoms with Crippen molar-refractivity contribution in [3.63, 3.8) is 0 Å². The van der Waals surface area contributed by atoms with E-state index in [-0.39, 0.29) is 18.7 Å². The summed E-state index contributed by atoms with van der Waals surface area (Å²) in [5, 5.41) is 3.03. The van der Waals surface area contributed by atoms with Crippen LogP contribution in [0.3, 0.4) is 0 Å². The molecule has 236 valence electrons. The number of halogens is 1. The van der Waals surface area contributed by atoms with Crippen LogP contribution in [0.1, 0.15) is 90.6 Å². The quantitative estimate of drug-likeness (QED) is 0.437. The van der Waals surface area contributed by atoms with Crippen LogP contribution in [-0.4, -0.2) is 77.1 Å². The molecule has 0 aromatic heterocycles. The smallest absolute Gasteiger partial charge is 0.262 e. The van der Waals surface area contributed by atoms with E-state index in [1.165, 1.54) is 30.4 Å². The second-order valence-corrected chi connectivity index (χ2v) is 15.1. The van der Waals surface area contributed by atoms with E-state index in [4.69, 9.17) is 11.6 Å². The number of allylic oxidation sites excluding steroid dienone is 1. The number of nitrogens with zero attached hydrogens (tertiary/aromatic N) is 3. The summed E-state index contributed by atoms with van der Waals surface area (Å²) in [6.45, 7) is 10.8. The van der Waals surface area contributed by atoms with Gasteiger partial charge in [-0.05, 0) is 103 Å². The molecule has 1 aliphatic carbocycles. The molecule has 45 heavy (non-hydrogen) atoms. The second-order valence-electron chi connectivity index (χ2n) is 14.7. The van der Waals surface area contributed by atoms with Gasteiger partial charge in [0, 0.05) is 37.6 Å². The van der Waals surface area contributed by atoms with Crippen molar-refractivity contribution in [3.8, 4) is 0 Å². The lowest BCUT2D eigenvalue weighted by molar-refractivity contribution is -0.136. The molecule has 8 nitrogen and oxygen atoms in total. The van der Waals surface area contributed by atoms with Crippen molar-refractivity contribution in [2.45, 2.75) is 71.4 Å². The van der Waals surface area contributed by atoms with Crippen LogP contribution in [0.5, 0.6) is 0 Å². The number of carbonyl (C=O) groups is 4. The predicted molar refractivity (Wildman–Crippen MR) is 173 cm³/mol. The molecule has 0 bridgehead atoms. The van der Waals surface area contributed by atoms with Crippen LogP contribution in [0.15, 0.2) is 48.0 Å². The van der Waals surface area contributed by atoms with Crippen molar-refractivity contribution < 1.29 is 19.2 Å². The third-order valence-corrected chi connectivity index (χ3v) is 11.0. The number of fused-ring (bicyclic) bond motifs is 1. The molecule has 2 aromatic rings. The Balaban J connectivity index is 0.949. The molecule has 4 aliphatic heterocycles. The van der Waals surface area contributed by atoms with Gasteiger partial charge < -0.3 is 0 Å². The van der Waals surface area contributed by atoms with Crippen LogP contribution < -0.4 is 5.32 Å². The Kier molecular flexibility index (Phi) is 7.74. The van der Waals surface area contributed by atoms with Crippen LogP contribution in [-0.2, 0) is 16.1 Å². The van der Waals surface area contributed by atoms with E-state index in [1.54, 1.807) is 11.6 Å². The summed E-state index contributed by atoms with van der Waals surface area (Å²) in [6, 6.07) is 12.9. The fourth-order valence-electron chi connectivity index (χ4n) is 8.12. The first kappa shape index (κ1) is 30.3. The highest BCUT2D eigenvalue weighted by Crippen LogP contribution is 2.45. The number of amides is 4. The molecular formula is C36H41ClN4O4. The highest BCUT2D eigenvalue weighted by atomic mass is 35.5. The molecule has 1 atom stereocenters. The molecule has 4 heterocycles. The van der Waals surface area contributed by atoms with E-state index in [1.807, 2.05) is 24.3 Å². The first-order valence-electron chi connectivity index (χ1n) is 16.3. The molecule has 3 saturated heterocycles. The fraction of sp³-hybridized carbons (Fsp3) is 0.500. The van der Waals surface area contributed by atoms with Crippen molar-refractivity contribution in [3.05, 3.63) is 75.3 Å². The van der Waals surface area contributed by atoms with E-state index in [2.05, 4.69) is 41.1 Å². The number of carbonyl (C=O) groups excluding carboxylic acids is 4. The first-order valence-corrected chi connectivity index (χ1v) is 16.6. The number of rotatable bonds is 6. The van der Waals surface area contributed by atoms with Crippen molar-refractivity contribution in [2.24, 2.45) is 10.8 Å². The van der Waals surface area contributed by atoms with E-state index < -0.39 is 23.8 Å². The monoisotopic (exact) mass is 628 g/mol.